The first-order valence-corrected chi connectivity index (χ1v) is 3.84. The van der Waals surface area contributed by atoms with Crippen molar-refractivity contribution in [3.8, 4) is 0 Å². The van der Waals surface area contributed by atoms with Gasteiger partial charge in [0.25, 0.3) is 0 Å². The molecule has 2 aliphatic carbocycles. The molecule has 48 valence electrons. The van der Waals surface area contributed by atoms with Crippen molar-refractivity contribution < 1.29 is 0 Å². The van der Waals surface area contributed by atoms with Gasteiger partial charge in [0, 0.05) is 11.3 Å². The zero-order valence-corrected chi connectivity index (χ0v) is 5.93. The lowest BCUT2D eigenvalue weighted by atomic mass is 10.1. The molecule has 1 fully saturated rings. The Morgan fingerprint density at radius 2 is 2.11 bits per heavy atom. The van der Waals surface area contributed by atoms with Crippen LogP contribution in [0.5, 0.6) is 0 Å². The maximum Gasteiger partial charge on any atom is 0.0263 e. The van der Waals surface area contributed by atoms with Gasteiger partial charge in [-0.3, -0.25) is 0 Å². The second-order valence-corrected chi connectivity index (χ2v) is 3.19. The van der Waals surface area contributed by atoms with E-state index in [1.165, 1.54) is 6.42 Å². The summed E-state index contributed by atoms with van der Waals surface area (Å²) >= 11 is 5.70. The summed E-state index contributed by atoms with van der Waals surface area (Å²) in [7, 11) is 0. The number of rotatable bonds is 1. The summed E-state index contributed by atoms with van der Waals surface area (Å²) in [5, 5.41) is 0. The lowest BCUT2D eigenvalue weighted by Crippen LogP contribution is -1.92. The molecule has 0 saturated heterocycles. The molecule has 1 heteroatoms. The molecule has 2 rings (SSSR count). The average molecular weight is 141 g/mol. The normalized spacial score (nSPS) is 34.1. The van der Waals surface area contributed by atoms with E-state index >= 15 is 0 Å². The highest BCUT2D eigenvalue weighted by molar-refractivity contribution is 6.18. The van der Waals surface area contributed by atoms with E-state index in [1.807, 2.05) is 0 Å². The molecule has 0 aromatic rings. The second-order valence-electron chi connectivity index (χ2n) is 2.89. The van der Waals surface area contributed by atoms with Crippen LogP contribution >= 0.6 is 11.6 Å². The van der Waals surface area contributed by atoms with E-state index in [1.54, 1.807) is 0 Å². The fraction of sp³-hybridized carbons (Fsp3) is 0.500. The summed E-state index contributed by atoms with van der Waals surface area (Å²) in [6, 6.07) is 0. The molecular formula is C8H9Cl. The Bertz CT molecular complexity index is 167. The van der Waals surface area contributed by atoms with Gasteiger partial charge in [0.05, 0.1) is 0 Å². The number of halogens is 1. The zero-order chi connectivity index (χ0) is 6.32. The summed E-state index contributed by atoms with van der Waals surface area (Å²) in [4.78, 5) is 0. The van der Waals surface area contributed by atoms with Crippen molar-refractivity contribution in [2.75, 3.05) is 5.88 Å². The number of alkyl halides is 1. The number of allylic oxidation sites excluding steroid dienone is 4. The fourth-order valence-electron chi connectivity index (χ4n) is 1.50. The minimum absolute atomic E-state index is 0.418. The third-order valence-corrected chi connectivity index (χ3v) is 2.68. The van der Waals surface area contributed by atoms with Gasteiger partial charge in [0.1, 0.15) is 0 Å². The third-order valence-electron chi connectivity index (χ3n) is 2.31. The smallest absolute Gasteiger partial charge is 0.0263 e. The van der Waals surface area contributed by atoms with Crippen LogP contribution in [0.2, 0.25) is 0 Å². The van der Waals surface area contributed by atoms with Crippen molar-refractivity contribution in [1.29, 1.82) is 0 Å². The van der Waals surface area contributed by atoms with Crippen LogP contribution < -0.4 is 0 Å². The van der Waals surface area contributed by atoms with Crippen LogP contribution in [0.25, 0.3) is 0 Å². The van der Waals surface area contributed by atoms with E-state index < -0.39 is 0 Å². The molecule has 1 unspecified atom stereocenters. The van der Waals surface area contributed by atoms with Gasteiger partial charge < -0.3 is 0 Å². The summed E-state index contributed by atoms with van der Waals surface area (Å²) < 4.78 is 0. The molecule has 0 bridgehead atoms. The summed E-state index contributed by atoms with van der Waals surface area (Å²) in [5.41, 5.74) is 0.418. The van der Waals surface area contributed by atoms with Crippen molar-refractivity contribution in [2.24, 2.45) is 11.3 Å². The van der Waals surface area contributed by atoms with Gasteiger partial charge in [-0.05, 0) is 12.3 Å². The Morgan fingerprint density at radius 3 is 2.56 bits per heavy atom. The van der Waals surface area contributed by atoms with Gasteiger partial charge in [-0.1, -0.05) is 24.3 Å². The van der Waals surface area contributed by atoms with Crippen LogP contribution in [0.4, 0.5) is 0 Å². The molecule has 1 atom stereocenters. The zero-order valence-electron chi connectivity index (χ0n) is 5.18. The first-order chi connectivity index (χ1) is 4.37. The Labute approximate surface area is 60.2 Å². The topological polar surface area (TPSA) is 0 Å². The minimum atomic E-state index is 0.418. The lowest BCUT2D eigenvalue weighted by Gasteiger charge is -1.97. The quantitative estimate of drug-likeness (QED) is 0.491. The molecular weight excluding hydrogens is 132 g/mol. The van der Waals surface area contributed by atoms with Crippen molar-refractivity contribution in [1.82, 2.24) is 0 Å². The largest absolute Gasteiger partial charge is 0.126 e. The predicted octanol–water partition coefficient (Wildman–Crippen LogP) is 2.36. The average Bonchev–Trinajstić information content (AvgIpc) is 2.30. The molecule has 0 radical (unpaired) electrons. The van der Waals surface area contributed by atoms with Crippen molar-refractivity contribution in [3.63, 3.8) is 0 Å². The van der Waals surface area contributed by atoms with Crippen LogP contribution in [0.3, 0.4) is 0 Å². The Morgan fingerprint density at radius 1 is 1.44 bits per heavy atom. The predicted molar refractivity (Wildman–Crippen MR) is 39.5 cm³/mol. The van der Waals surface area contributed by atoms with Crippen molar-refractivity contribution in [2.45, 2.75) is 6.42 Å². The van der Waals surface area contributed by atoms with E-state index in [9.17, 15) is 0 Å². The summed E-state index contributed by atoms with van der Waals surface area (Å²) in [5.74, 6) is 1.54. The van der Waals surface area contributed by atoms with Gasteiger partial charge in [0.15, 0.2) is 0 Å². The fourth-order valence-corrected chi connectivity index (χ4v) is 1.90. The summed E-state index contributed by atoms with van der Waals surface area (Å²) in [6.45, 7) is 0. The van der Waals surface area contributed by atoms with E-state index in [0.29, 0.717) is 5.41 Å². The molecule has 1 saturated carbocycles. The molecule has 0 aliphatic heterocycles. The first kappa shape index (κ1) is 5.55. The van der Waals surface area contributed by atoms with E-state index in [4.69, 9.17) is 11.6 Å². The van der Waals surface area contributed by atoms with Crippen LogP contribution in [0.1, 0.15) is 6.42 Å². The molecule has 0 N–H and O–H groups in total. The van der Waals surface area contributed by atoms with Crippen LogP contribution in [0.15, 0.2) is 24.3 Å². The molecule has 0 amide bonds. The van der Waals surface area contributed by atoms with Gasteiger partial charge in [-0.25, -0.2) is 0 Å². The van der Waals surface area contributed by atoms with Crippen LogP contribution in [0, 0.1) is 11.3 Å². The third kappa shape index (κ3) is 0.662. The molecule has 0 aromatic carbocycles. The molecule has 0 nitrogen and oxygen atoms in total. The molecule has 0 aromatic heterocycles. The van der Waals surface area contributed by atoms with Crippen LogP contribution in [-0.2, 0) is 0 Å². The highest BCUT2D eigenvalue weighted by Crippen LogP contribution is 2.57. The van der Waals surface area contributed by atoms with Gasteiger partial charge in [0.2, 0.25) is 0 Å². The molecule has 2 aliphatic rings. The van der Waals surface area contributed by atoms with E-state index in [-0.39, 0.29) is 0 Å². The monoisotopic (exact) mass is 140 g/mol. The standard InChI is InChI=1S/C8H9Cl/c9-6-7-5-8(7)3-1-2-4-8/h1-4,7H,5-6H2. The Balaban J connectivity index is 2.14. The van der Waals surface area contributed by atoms with Gasteiger partial charge >= 0.3 is 0 Å². The van der Waals surface area contributed by atoms with Crippen molar-refractivity contribution >= 4 is 11.6 Å². The van der Waals surface area contributed by atoms with Gasteiger partial charge in [-0.15, -0.1) is 11.6 Å². The van der Waals surface area contributed by atoms with E-state index in [2.05, 4.69) is 24.3 Å². The van der Waals surface area contributed by atoms with E-state index in [0.717, 1.165) is 11.8 Å². The second kappa shape index (κ2) is 1.63. The lowest BCUT2D eigenvalue weighted by molar-refractivity contribution is 0.761. The minimum Gasteiger partial charge on any atom is -0.126 e. The van der Waals surface area contributed by atoms with Crippen molar-refractivity contribution in [3.05, 3.63) is 24.3 Å². The van der Waals surface area contributed by atoms with Gasteiger partial charge in [-0.2, -0.15) is 0 Å². The highest BCUT2D eigenvalue weighted by atomic mass is 35.5. The number of hydrogen-bond donors (Lipinski definition) is 0. The Hall–Kier alpha value is -0.230. The first-order valence-electron chi connectivity index (χ1n) is 3.30. The summed E-state index contributed by atoms with van der Waals surface area (Å²) in [6.07, 6.45) is 10.0. The Kier molecular flexibility index (Phi) is 1.01. The highest BCUT2D eigenvalue weighted by Gasteiger charge is 2.50. The molecule has 1 spiro atoms. The maximum atomic E-state index is 5.70. The molecule has 0 heterocycles. The molecule has 9 heavy (non-hydrogen) atoms. The van der Waals surface area contributed by atoms with Crippen LogP contribution in [-0.4, -0.2) is 5.88 Å². The number of hydrogen-bond acceptors (Lipinski definition) is 0. The maximum absolute atomic E-state index is 5.70. The SMILES string of the molecule is ClCC1CC12C=CC=C2.